The Bertz CT molecular complexity index is 588. The molecule has 2 aliphatic carbocycles. The van der Waals surface area contributed by atoms with E-state index in [-0.39, 0.29) is 24.0 Å². The van der Waals surface area contributed by atoms with Crippen molar-refractivity contribution in [2.45, 2.75) is 57.7 Å². The van der Waals surface area contributed by atoms with E-state index in [4.69, 9.17) is 9.47 Å². The smallest absolute Gasteiger partial charge is 0.191 e. The Hall–Kier alpha value is -1.18. The number of ether oxygens (including phenoxy) is 2. The van der Waals surface area contributed by atoms with Gasteiger partial charge in [-0.3, -0.25) is 4.99 Å². The van der Waals surface area contributed by atoms with Crippen molar-refractivity contribution in [2.24, 2.45) is 10.9 Å². The molecule has 3 rings (SSSR count). The van der Waals surface area contributed by atoms with Gasteiger partial charge in [0, 0.05) is 19.6 Å². The van der Waals surface area contributed by atoms with Crippen molar-refractivity contribution in [3.05, 3.63) is 23.8 Å². The highest BCUT2D eigenvalue weighted by atomic mass is 127. The van der Waals surface area contributed by atoms with Crippen molar-refractivity contribution in [3.63, 3.8) is 0 Å². The van der Waals surface area contributed by atoms with Crippen molar-refractivity contribution in [1.29, 1.82) is 0 Å². The maximum Gasteiger partial charge on any atom is 0.191 e. The van der Waals surface area contributed by atoms with Crippen molar-refractivity contribution in [2.75, 3.05) is 14.2 Å². The number of hydrogen-bond donors (Lipinski definition) is 2. The van der Waals surface area contributed by atoms with Crippen LogP contribution in [-0.4, -0.2) is 32.3 Å². The second kappa shape index (κ2) is 9.50. The van der Waals surface area contributed by atoms with Crippen LogP contribution in [0.1, 0.15) is 44.6 Å². The van der Waals surface area contributed by atoms with Crippen LogP contribution in [0.2, 0.25) is 0 Å². The number of aliphatic imine (C=N–C) groups is 1. The minimum atomic E-state index is 0. The predicted octanol–water partition coefficient (Wildman–Crippen LogP) is 3.71. The zero-order valence-corrected chi connectivity index (χ0v) is 17.7. The SMILES string of the molecule is CN=C(NCc1ccc(OC2CCCC2)c(OC)c1)NC1CC1C.I. The van der Waals surface area contributed by atoms with E-state index >= 15 is 0 Å². The number of halogens is 1. The molecule has 2 saturated carbocycles. The first-order valence-corrected chi connectivity index (χ1v) is 9.00. The molecule has 0 saturated heterocycles. The van der Waals surface area contributed by atoms with Crippen molar-refractivity contribution < 1.29 is 9.47 Å². The Morgan fingerprint density at radius 3 is 2.56 bits per heavy atom. The minimum Gasteiger partial charge on any atom is -0.493 e. The Balaban J connectivity index is 0.00000225. The van der Waals surface area contributed by atoms with Gasteiger partial charge in [-0.25, -0.2) is 0 Å². The predicted molar refractivity (Wildman–Crippen MR) is 112 cm³/mol. The molecule has 0 spiro atoms. The lowest BCUT2D eigenvalue weighted by Crippen LogP contribution is -2.38. The van der Waals surface area contributed by atoms with E-state index in [0.717, 1.165) is 41.8 Å². The maximum absolute atomic E-state index is 6.09. The van der Waals surface area contributed by atoms with Crippen LogP contribution in [0.25, 0.3) is 0 Å². The largest absolute Gasteiger partial charge is 0.493 e. The lowest BCUT2D eigenvalue weighted by atomic mass is 10.2. The quantitative estimate of drug-likeness (QED) is 0.387. The van der Waals surface area contributed by atoms with Crippen molar-refractivity contribution in [1.82, 2.24) is 10.6 Å². The topological polar surface area (TPSA) is 54.9 Å². The number of hydrogen-bond acceptors (Lipinski definition) is 3. The molecule has 0 bridgehead atoms. The van der Waals surface area contributed by atoms with E-state index in [0.29, 0.717) is 18.7 Å². The highest BCUT2D eigenvalue weighted by molar-refractivity contribution is 14.0. The lowest BCUT2D eigenvalue weighted by Gasteiger charge is -2.17. The Labute approximate surface area is 168 Å². The fourth-order valence-corrected chi connectivity index (χ4v) is 3.18. The molecule has 0 aliphatic heterocycles. The maximum atomic E-state index is 6.09. The van der Waals surface area contributed by atoms with E-state index in [1.54, 1.807) is 7.11 Å². The van der Waals surface area contributed by atoms with Crippen LogP contribution in [0.5, 0.6) is 11.5 Å². The average Bonchev–Trinajstić information content (AvgIpc) is 3.06. The van der Waals surface area contributed by atoms with Gasteiger partial charge in [-0.05, 0) is 55.7 Å². The molecule has 2 atom stereocenters. The minimum absolute atomic E-state index is 0. The van der Waals surface area contributed by atoms with Crippen LogP contribution in [0.3, 0.4) is 0 Å². The van der Waals surface area contributed by atoms with Crippen LogP contribution < -0.4 is 20.1 Å². The summed E-state index contributed by atoms with van der Waals surface area (Å²) in [6.07, 6.45) is 6.39. The van der Waals surface area contributed by atoms with Crippen molar-refractivity contribution >= 4 is 29.9 Å². The van der Waals surface area contributed by atoms with Gasteiger partial charge in [0.05, 0.1) is 13.2 Å². The van der Waals surface area contributed by atoms with E-state index < -0.39 is 0 Å². The summed E-state index contributed by atoms with van der Waals surface area (Å²) in [7, 11) is 3.50. The van der Waals surface area contributed by atoms with Gasteiger partial charge in [0.1, 0.15) is 0 Å². The average molecular weight is 459 g/mol. The molecule has 6 heteroatoms. The molecular weight excluding hydrogens is 429 g/mol. The molecule has 2 fully saturated rings. The lowest BCUT2D eigenvalue weighted by molar-refractivity contribution is 0.200. The van der Waals surface area contributed by atoms with Crippen LogP contribution in [-0.2, 0) is 6.54 Å². The number of benzene rings is 1. The molecule has 2 aliphatic rings. The summed E-state index contributed by atoms with van der Waals surface area (Å²) < 4.78 is 11.6. The zero-order chi connectivity index (χ0) is 16.9. The van der Waals surface area contributed by atoms with Crippen LogP contribution in [0.15, 0.2) is 23.2 Å². The number of nitrogens with zero attached hydrogens (tertiary/aromatic N) is 1. The first-order valence-electron chi connectivity index (χ1n) is 9.00. The second-order valence-corrected chi connectivity index (χ2v) is 6.90. The van der Waals surface area contributed by atoms with E-state index in [1.807, 2.05) is 19.2 Å². The highest BCUT2D eigenvalue weighted by Gasteiger charge is 2.33. The molecule has 0 amide bonds. The summed E-state index contributed by atoms with van der Waals surface area (Å²) in [4.78, 5) is 4.28. The summed E-state index contributed by atoms with van der Waals surface area (Å²) in [6, 6.07) is 6.72. The summed E-state index contributed by atoms with van der Waals surface area (Å²) in [5, 5.41) is 6.80. The first-order chi connectivity index (χ1) is 11.7. The van der Waals surface area contributed by atoms with Gasteiger partial charge in [-0.2, -0.15) is 0 Å². The van der Waals surface area contributed by atoms with E-state index in [1.165, 1.54) is 19.3 Å². The molecule has 1 aromatic rings. The molecule has 2 unspecified atom stereocenters. The van der Waals surface area contributed by atoms with Gasteiger partial charge in [0.15, 0.2) is 17.5 Å². The fourth-order valence-electron chi connectivity index (χ4n) is 3.18. The third-order valence-corrected chi connectivity index (χ3v) is 4.94. The number of guanidine groups is 1. The highest BCUT2D eigenvalue weighted by Crippen LogP contribution is 2.32. The monoisotopic (exact) mass is 459 g/mol. The summed E-state index contributed by atoms with van der Waals surface area (Å²) >= 11 is 0. The zero-order valence-electron chi connectivity index (χ0n) is 15.4. The number of methoxy groups -OCH3 is 1. The van der Waals surface area contributed by atoms with Gasteiger partial charge in [-0.1, -0.05) is 13.0 Å². The van der Waals surface area contributed by atoms with Gasteiger partial charge in [0.2, 0.25) is 0 Å². The van der Waals surface area contributed by atoms with Crippen LogP contribution in [0.4, 0.5) is 0 Å². The van der Waals surface area contributed by atoms with E-state index in [2.05, 4.69) is 28.6 Å². The third kappa shape index (κ3) is 5.66. The molecule has 0 aromatic heterocycles. The molecule has 140 valence electrons. The van der Waals surface area contributed by atoms with Gasteiger partial charge in [0.25, 0.3) is 0 Å². The molecule has 2 N–H and O–H groups in total. The number of nitrogens with one attached hydrogen (secondary N) is 2. The second-order valence-electron chi connectivity index (χ2n) is 6.90. The molecule has 0 radical (unpaired) electrons. The molecule has 1 aromatic carbocycles. The van der Waals surface area contributed by atoms with Crippen LogP contribution in [0, 0.1) is 5.92 Å². The van der Waals surface area contributed by atoms with Crippen molar-refractivity contribution in [3.8, 4) is 11.5 Å². The molecule has 5 nitrogen and oxygen atoms in total. The normalized spacial score (nSPS) is 22.9. The Kier molecular flexibility index (Phi) is 7.65. The molecule has 25 heavy (non-hydrogen) atoms. The Morgan fingerprint density at radius 2 is 1.96 bits per heavy atom. The summed E-state index contributed by atoms with van der Waals surface area (Å²) in [5.74, 6) is 3.26. The van der Waals surface area contributed by atoms with Gasteiger partial charge in [-0.15, -0.1) is 24.0 Å². The fraction of sp³-hybridized carbons (Fsp3) is 0.632. The molecule has 0 heterocycles. The van der Waals surface area contributed by atoms with E-state index in [9.17, 15) is 0 Å². The summed E-state index contributed by atoms with van der Waals surface area (Å²) in [5.41, 5.74) is 1.15. The number of rotatable bonds is 6. The van der Waals surface area contributed by atoms with Gasteiger partial charge >= 0.3 is 0 Å². The third-order valence-electron chi connectivity index (χ3n) is 4.94. The first kappa shape index (κ1) is 20.1. The summed E-state index contributed by atoms with van der Waals surface area (Å²) in [6.45, 7) is 2.96. The molecular formula is C19H30IN3O2. The Morgan fingerprint density at radius 1 is 1.24 bits per heavy atom. The standard InChI is InChI=1S/C19H29N3O2.HI/c1-13-10-16(13)22-19(20-2)21-12-14-8-9-17(18(11-14)23-3)24-15-6-4-5-7-15;/h8-9,11,13,15-16H,4-7,10,12H2,1-3H3,(H2,20,21,22);1H. The van der Waals surface area contributed by atoms with Crippen LogP contribution >= 0.6 is 24.0 Å². The van der Waals surface area contributed by atoms with Gasteiger partial charge < -0.3 is 20.1 Å².